The van der Waals surface area contributed by atoms with E-state index >= 15 is 0 Å². The number of rotatable bonds is 6. The number of ether oxygens (including phenoxy) is 2. The van der Waals surface area contributed by atoms with Crippen LogP contribution in [0.4, 0.5) is 8.78 Å². The van der Waals surface area contributed by atoms with E-state index in [0.29, 0.717) is 11.4 Å². The van der Waals surface area contributed by atoms with Crippen molar-refractivity contribution >= 4 is 11.9 Å². The Kier molecular flexibility index (Phi) is 6.14. The maximum atomic E-state index is 14.0. The standard InChI is InChI=1S/C17H25F2NO4/c1-7-23-14(21)17(13(18)19,15(22)24-16(4,5)6)10-20-11(2)8-9-12(20)3/h8-9,13H,7,10H2,1-6H3. The van der Waals surface area contributed by atoms with Crippen molar-refractivity contribution in [3.63, 3.8) is 0 Å². The predicted octanol–water partition coefficient (Wildman–Crippen LogP) is 3.26. The normalized spacial score (nSPS) is 14.4. The van der Waals surface area contributed by atoms with Crippen LogP contribution in [-0.2, 0) is 25.6 Å². The Bertz CT molecular complexity index is 585. The monoisotopic (exact) mass is 345 g/mol. The van der Waals surface area contributed by atoms with E-state index in [9.17, 15) is 18.4 Å². The van der Waals surface area contributed by atoms with Crippen molar-refractivity contribution in [3.05, 3.63) is 23.5 Å². The Morgan fingerprint density at radius 1 is 1.12 bits per heavy atom. The van der Waals surface area contributed by atoms with E-state index in [1.165, 1.54) is 11.5 Å². The van der Waals surface area contributed by atoms with Gasteiger partial charge in [-0.1, -0.05) is 0 Å². The molecule has 0 radical (unpaired) electrons. The van der Waals surface area contributed by atoms with Gasteiger partial charge in [0, 0.05) is 11.4 Å². The fraction of sp³-hybridized carbons (Fsp3) is 0.647. The van der Waals surface area contributed by atoms with Gasteiger partial charge in [-0.15, -0.1) is 0 Å². The second-order valence-electron chi connectivity index (χ2n) is 6.70. The number of esters is 2. The SMILES string of the molecule is CCOC(=O)C(Cn1c(C)ccc1C)(C(=O)OC(C)(C)C)C(F)F. The zero-order valence-electron chi connectivity index (χ0n) is 15.0. The second-order valence-corrected chi connectivity index (χ2v) is 6.70. The summed E-state index contributed by atoms with van der Waals surface area (Å²) in [5.41, 5.74) is -2.40. The van der Waals surface area contributed by atoms with Crippen LogP contribution in [0.25, 0.3) is 0 Å². The third kappa shape index (κ3) is 4.13. The quantitative estimate of drug-likeness (QED) is 0.586. The summed E-state index contributed by atoms with van der Waals surface area (Å²) in [6.07, 6.45) is -3.27. The van der Waals surface area contributed by atoms with Crippen LogP contribution in [0, 0.1) is 19.3 Å². The molecule has 24 heavy (non-hydrogen) atoms. The number of aryl methyl sites for hydroxylation is 2. The molecule has 1 aromatic heterocycles. The Hall–Kier alpha value is -1.92. The number of carbonyl (C=O) groups excluding carboxylic acids is 2. The van der Waals surface area contributed by atoms with Crippen LogP contribution in [0.2, 0.25) is 0 Å². The molecule has 0 aliphatic carbocycles. The highest BCUT2D eigenvalue weighted by Crippen LogP contribution is 2.35. The maximum absolute atomic E-state index is 14.0. The Balaban J connectivity index is 3.42. The summed E-state index contributed by atoms with van der Waals surface area (Å²) < 4.78 is 39.4. The van der Waals surface area contributed by atoms with Gasteiger partial charge in [0.05, 0.1) is 13.2 Å². The van der Waals surface area contributed by atoms with Crippen LogP contribution < -0.4 is 0 Å². The molecule has 0 aromatic carbocycles. The molecule has 0 aliphatic heterocycles. The first-order valence-electron chi connectivity index (χ1n) is 7.77. The van der Waals surface area contributed by atoms with E-state index in [4.69, 9.17) is 9.47 Å². The fourth-order valence-electron chi connectivity index (χ4n) is 2.29. The van der Waals surface area contributed by atoms with Crippen molar-refractivity contribution in [2.24, 2.45) is 5.41 Å². The van der Waals surface area contributed by atoms with Crippen LogP contribution in [0.3, 0.4) is 0 Å². The molecule has 0 bridgehead atoms. The van der Waals surface area contributed by atoms with Crippen LogP contribution in [0.1, 0.15) is 39.1 Å². The Morgan fingerprint density at radius 2 is 1.62 bits per heavy atom. The zero-order valence-corrected chi connectivity index (χ0v) is 15.0. The van der Waals surface area contributed by atoms with E-state index in [-0.39, 0.29) is 6.61 Å². The van der Waals surface area contributed by atoms with Gasteiger partial charge in [-0.05, 0) is 53.7 Å². The summed E-state index contributed by atoms with van der Waals surface area (Å²) in [6.45, 7) is 8.93. The average molecular weight is 345 g/mol. The van der Waals surface area contributed by atoms with E-state index in [1.807, 2.05) is 0 Å². The minimum Gasteiger partial charge on any atom is -0.465 e. The van der Waals surface area contributed by atoms with Crippen molar-refractivity contribution in [3.8, 4) is 0 Å². The van der Waals surface area contributed by atoms with E-state index < -0.39 is 35.9 Å². The lowest BCUT2D eigenvalue weighted by Crippen LogP contribution is -2.52. The van der Waals surface area contributed by atoms with Gasteiger partial charge in [0.2, 0.25) is 5.41 Å². The van der Waals surface area contributed by atoms with Crippen LogP contribution in [0.5, 0.6) is 0 Å². The first-order chi connectivity index (χ1) is 11.0. The molecule has 0 aliphatic rings. The summed E-state index contributed by atoms with van der Waals surface area (Å²) in [7, 11) is 0. The fourth-order valence-corrected chi connectivity index (χ4v) is 2.29. The topological polar surface area (TPSA) is 57.5 Å². The minimum absolute atomic E-state index is 0.111. The van der Waals surface area contributed by atoms with Gasteiger partial charge in [-0.2, -0.15) is 0 Å². The van der Waals surface area contributed by atoms with Crippen molar-refractivity contribution < 1.29 is 27.8 Å². The number of carbonyl (C=O) groups is 2. The van der Waals surface area contributed by atoms with Crippen molar-refractivity contribution in [2.75, 3.05) is 6.61 Å². The van der Waals surface area contributed by atoms with Gasteiger partial charge in [0.15, 0.2) is 0 Å². The molecule has 1 heterocycles. The Labute approximate surface area is 140 Å². The predicted molar refractivity (Wildman–Crippen MR) is 84.8 cm³/mol. The average Bonchev–Trinajstić information content (AvgIpc) is 2.73. The Morgan fingerprint density at radius 3 is 2.00 bits per heavy atom. The second kappa shape index (κ2) is 7.32. The molecule has 1 rings (SSSR count). The molecular weight excluding hydrogens is 320 g/mol. The van der Waals surface area contributed by atoms with Crippen LogP contribution in [0.15, 0.2) is 12.1 Å². The molecule has 5 nitrogen and oxygen atoms in total. The van der Waals surface area contributed by atoms with E-state index in [0.717, 1.165) is 0 Å². The first-order valence-corrected chi connectivity index (χ1v) is 7.77. The van der Waals surface area contributed by atoms with Gasteiger partial charge in [-0.25, -0.2) is 8.78 Å². The lowest BCUT2D eigenvalue weighted by molar-refractivity contribution is -0.193. The van der Waals surface area contributed by atoms with Gasteiger partial charge < -0.3 is 14.0 Å². The molecule has 136 valence electrons. The van der Waals surface area contributed by atoms with Gasteiger partial charge in [0.25, 0.3) is 6.43 Å². The summed E-state index contributed by atoms with van der Waals surface area (Å²) >= 11 is 0. The molecule has 1 atom stereocenters. The van der Waals surface area contributed by atoms with Crippen molar-refractivity contribution in [1.82, 2.24) is 4.57 Å². The van der Waals surface area contributed by atoms with E-state index in [2.05, 4.69) is 0 Å². The molecule has 1 unspecified atom stereocenters. The molecule has 0 spiro atoms. The van der Waals surface area contributed by atoms with E-state index in [1.54, 1.807) is 46.8 Å². The number of alkyl halides is 2. The van der Waals surface area contributed by atoms with Gasteiger partial charge in [-0.3, -0.25) is 9.59 Å². The number of hydrogen-bond donors (Lipinski definition) is 0. The van der Waals surface area contributed by atoms with Crippen LogP contribution in [-0.4, -0.2) is 35.1 Å². The summed E-state index contributed by atoms with van der Waals surface area (Å²) in [5.74, 6) is -2.56. The van der Waals surface area contributed by atoms with Crippen LogP contribution >= 0.6 is 0 Å². The molecule has 0 saturated carbocycles. The van der Waals surface area contributed by atoms with Gasteiger partial charge >= 0.3 is 11.9 Å². The molecule has 0 amide bonds. The molecule has 0 N–H and O–H groups in total. The van der Waals surface area contributed by atoms with Gasteiger partial charge in [0.1, 0.15) is 5.60 Å². The third-order valence-electron chi connectivity index (χ3n) is 3.60. The summed E-state index contributed by atoms with van der Waals surface area (Å²) in [4.78, 5) is 24.9. The van der Waals surface area contributed by atoms with Crippen molar-refractivity contribution in [2.45, 2.75) is 60.1 Å². The highest BCUT2D eigenvalue weighted by atomic mass is 19.3. The summed E-state index contributed by atoms with van der Waals surface area (Å²) in [5, 5.41) is 0. The smallest absolute Gasteiger partial charge is 0.331 e. The highest BCUT2D eigenvalue weighted by Gasteiger charge is 2.58. The molecule has 1 aromatic rings. The number of aromatic nitrogens is 1. The molecule has 0 fully saturated rings. The minimum atomic E-state index is -3.27. The third-order valence-corrected chi connectivity index (χ3v) is 3.60. The maximum Gasteiger partial charge on any atom is 0.331 e. The first kappa shape index (κ1) is 20.1. The molecule has 0 saturated heterocycles. The summed E-state index contributed by atoms with van der Waals surface area (Å²) in [6, 6.07) is 3.46. The lowest BCUT2D eigenvalue weighted by atomic mass is 9.87. The number of hydrogen-bond acceptors (Lipinski definition) is 4. The molecule has 7 heteroatoms. The molecular formula is C17H25F2NO4. The zero-order chi connectivity index (χ0) is 18.7. The largest absolute Gasteiger partial charge is 0.465 e. The lowest BCUT2D eigenvalue weighted by Gasteiger charge is -2.32. The number of nitrogens with zero attached hydrogens (tertiary/aromatic N) is 1. The van der Waals surface area contributed by atoms with Crippen molar-refractivity contribution in [1.29, 1.82) is 0 Å². The highest BCUT2D eigenvalue weighted by molar-refractivity contribution is 6.00. The number of halogens is 2.